The molecule has 0 radical (unpaired) electrons. The van der Waals surface area contributed by atoms with Gasteiger partial charge >= 0.3 is 5.97 Å². The number of aromatic carboxylic acids is 1. The third kappa shape index (κ3) is 2.03. The van der Waals surface area contributed by atoms with Crippen molar-refractivity contribution in [1.29, 1.82) is 0 Å². The van der Waals surface area contributed by atoms with E-state index in [0.29, 0.717) is 17.5 Å². The number of aryl methyl sites for hydroxylation is 1. The number of fused-ring (bicyclic) bond motifs is 1. The quantitative estimate of drug-likeness (QED) is 0.790. The molecular weight excluding hydrogens is 254 g/mol. The highest BCUT2D eigenvalue weighted by atomic mass is 16.4. The van der Waals surface area contributed by atoms with Crippen molar-refractivity contribution >= 4 is 17.0 Å². The number of nitrogens with zero attached hydrogens (tertiary/aromatic N) is 3. The molecule has 5 heteroatoms. The molecule has 3 aromatic rings. The molecule has 0 aliphatic rings. The monoisotopic (exact) mass is 267 g/mol. The molecule has 3 heterocycles. The highest BCUT2D eigenvalue weighted by Gasteiger charge is 2.13. The summed E-state index contributed by atoms with van der Waals surface area (Å²) in [6, 6.07) is 5.41. The van der Waals surface area contributed by atoms with E-state index in [2.05, 4.69) is 9.97 Å². The molecule has 0 aromatic carbocycles. The average Bonchev–Trinajstić information content (AvgIpc) is 2.76. The number of hydrogen-bond acceptors (Lipinski definition) is 3. The Kier molecular flexibility index (Phi) is 2.95. The van der Waals surface area contributed by atoms with Gasteiger partial charge in [-0.15, -0.1) is 0 Å². The molecule has 1 N–H and O–H groups in total. The highest BCUT2D eigenvalue weighted by molar-refractivity contribution is 5.89. The lowest BCUT2D eigenvalue weighted by Gasteiger charge is -2.04. The van der Waals surface area contributed by atoms with Gasteiger partial charge in [-0.25, -0.2) is 9.78 Å². The van der Waals surface area contributed by atoms with Crippen LogP contribution in [-0.4, -0.2) is 25.6 Å². The van der Waals surface area contributed by atoms with Crippen LogP contribution in [0.3, 0.4) is 0 Å². The molecule has 0 bridgehead atoms. The number of carbonyl (C=O) groups is 1. The first-order valence-electron chi connectivity index (χ1n) is 6.22. The zero-order valence-corrected chi connectivity index (χ0v) is 10.9. The van der Waals surface area contributed by atoms with Gasteiger partial charge in [-0.2, -0.15) is 0 Å². The minimum absolute atomic E-state index is 0.292. The van der Waals surface area contributed by atoms with E-state index in [1.54, 1.807) is 12.4 Å². The molecule has 3 aromatic heterocycles. The molecule has 100 valence electrons. The van der Waals surface area contributed by atoms with Crippen LogP contribution < -0.4 is 0 Å². The van der Waals surface area contributed by atoms with Crippen LogP contribution in [0.1, 0.15) is 21.5 Å². The van der Waals surface area contributed by atoms with Gasteiger partial charge in [0.15, 0.2) is 0 Å². The third-order valence-corrected chi connectivity index (χ3v) is 3.33. The maximum absolute atomic E-state index is 11.2. The zero-order valence-electron chi connectivity index (χ0n) is 10.9. The van der Waals surface area contributed by atoms with Crippen molar-refractivity contribution in [2.75, 3.05) is 0 Å². The first-order chi connectivity index (χ1) is 9.66. The van der Waals surface area contributed by atoms with Gasteiger partial charge in [0.05, 0.1) is 5.56 Å². The summed E-state index contributed by atoms with van der Waals surface area (Å²) >= 11 is 0. The second-order valence-electron chi connectivity index (χ2n) is 4.65. The molecule has 0 amide bonds. The van der Waals surface area contributed by atoms with Gasteiger partial charge in [0.25, 0.3) is 0 Å². The Balaban J connectivity index is 2.08. The smallest absolute Gasteiger partial charge is 0.336 e. The normalized spacial score (nSPS) is 10.8. The largest absolute Gasteiger partial charge is 0.478 e. The van der Waals surface area contributed by atoms with Gasteiger partial charge < -0.3 is 9.67 Å². The van der Waals surface area contributed by atoms with Crippen LogP contribution in [0.4, 0.5) is 0 Å². The van der Waals surface area contributed by atoms with Crippen molar-refractivity contribution in [2.45, 2.75) is 6.42 Å². The second kappa shape index (κ2) is 4.77. The number of carboxylic acid groups (broad SMARTS) is 1. The maximum atomic E-state index is 11.2. The fourth-order valence-corrected chi connectivity index (χ4v) is 2.42. The molecule has 20 heavy (non-hydrogen) atoms. The lowest BCUT2D eigenvalue weighted by atomic mass is 10.0. The average molecular weight is 267 g/mol. The van der Waals surface area contributed by atoms with Crippen molar-refractivity contribution in [1.82, 2.24) is 14.5 Å². The van der Waals surface area contributed by atoms with Crippen LogP contribution >= 0.6 is 0 Å². The van der Waals surface area contributed by atoms with Gasteiger partial charge in [0.2, 0.25) is 0 Å². The summed E-state index contributed by atoms with van der Waals surface area (Å²) in [4.78, 5) is 19.6. The molecule has 0 unspecified atom stereocenters. The van der Waals surface area contributed by atoms with Gasteiger partial charge in [-0.1, -0.05) is 0 Å². The van der Waals surface area contributed by atoms with Crippen molar-refractivity contribution in [2.24, 2.45) is 7.05 Å². The number of hydrogen-bond donors (Lipinski definition) is 1. The predicted octanol–water partition coefficient (Wildman–Crippen LogP) is 2.26. The second-order valence-corrected chi connectivity index (χ2v) is 4.65. The summed E-state index contributed by atoms with van der Waals surface area (Å²) in [5, 5.41) is 10.3. The molecule has 0 aliphatic carbocycles. The lowest BCUT2D eigenvalue weighted by Crippen LogP contribution is -2.03. The van der Waals surface area contributed by atoms with Crippen LogP contribution in [0.15, 0.2) is 43.0 Å². The molecule has 0 fully saturated rings. The van der Waals surface area contributed by atoms with E-state index in [-0.39, 0.29) is 0 Å². The SMILES string of the molecule is Cn1cc(Cc2cnccc2C(=O)O)c2cccnc21. The Morgan fingerprint density at radius 2 is 2.15 bits per heavy atom. The Morgan fingerprint density at radius 1 is 1.30 bits per heavy atom. The number of pyridine rings is 2. The van der Waals surface area contributed by atoms with E-state index in [4.69, 9.17) is 0 Å². The number of carboxylic acids is 1. The Morgan fingerprint density at radius 3 is 2.95 bits per heavy atom. The summed E-state index contributed by atoms with van der Waals surface area (Å²) in [6.07, 6.45) is 7.37. The van der Waals surface area contributed by atoms with Gasteiger partial charge in [0.1, 0.15) is 5.65 Å². The van der Waals surface area contributed by atoms with Crippen molar-refractivity contribution < 1.29 is 9.90 Å². The van der Waals surface area contributed by atoms with Gasteiger partial charge in [-0.3, -0.25) is 4.98 Å². The van der Waals surface area contributed by atoms with Gasteiger partial charge in [-0.05, 0) is 29.3 Å². The minimum atomic E-state index is -0.930. The van der Waals surface area contributed by atoms with E-state index in [1.165, 1.54) is 12.3 Å². The van der Waals surface area contributed by atoms with Crippen LogP contribution in [0.5, 0.6) is 0 Å². The van der Waals surface area contributed by atoms with Crippen molar-refractivity contribution in [3.05, 3.63) is 59.7 Å². The molecule has 0 saturated carbocycles. The fraction of sp³-hybridized carbons (Fsp3) is 0.133. The van der Waals surface area contributed by atoms with Crippen LogP contribution in [0, 0.1) is 0 Å². The maximum Gasteiger partial charge on any atom is 0.336 e. The van der Waals surface area contributed by atoms with E-state index < -0.39 is 5.97 Å². The molecule has 0 aliphatic heterocycles. The first-order valence-corrected chi connectivity index (χ1v) is 6.22. The number of rotatable bonds is 3. The molecule has 5 nitrogen and oxygen atoms in total. The summed E-state index contributed by atoms with van der Waals surface area (Å²) < 4.78 is 1.95. The molecular formula is C15H13N3O2. The predicted molar refractivity (Wildman–Crippen MR) is 74.7 cm³/mol. The summed E-state index contributed by atoms with van der Waals surface area (Å²) in [7, 11) is 1.93. The van der Waals surface area contributed by atoms with Crippen molar-refractivity contribution in [3.8, 4) is 0 Å². The minimum Gasteiger partial charge on any atom is -0.478 e. The topological polar surface area (TPSA) is 68.0 Å². The van der Waals surface area contributed by atoms with Crippen LogP contribution in [-0.2, 0) is 13.5 Å². The zero-order chi connectivity index (χ0) is 14.1. The third-order valence-electron chi connectivity index (χ3n) is 3.33. The van der Waals surface area contributed by atoms with Crippen LogP contribution in [0.2, 0.25) is 0 Å². The van der Waals surface area contributed by atoms with E-state index in [1.807, 2.05) is 29.9 Å². The Hall–Kier alpha value is -2.69. The number of aromatic nitrogens is 3. The van der Waals surface area contributed by atoms with Crippen molar-refractivity contribution in [3.63, 3.8) is 0 Å². The summed E-state index contributed by atoms with van der Waals surface area (Å²) in [5.74, 6) is -0.930. The first kappa shape index (κ1) is 12.3. The lowest BCUT2D eigenvalue weighted by molar-refractivity contribution is 0.0695. The van der Waals surface area contributed by atoms with E-state index in [9.17, 15) is 9.90 Å². The summed E-state index contributed by atoms with van der Waals surface area (Å²) in [6.45, 7) is 0. The molecule has 0 saturated heterocycles. The standard InChI is InChI=1S/C15H13N3O2/c1-18-9-11(12-3-2-5-17-14(12)18)7-10-8-16-6-4-13(10)15(19)20/h2-6,8-9H,7H2,1H3,(H,19,20). The van der Waals surface area contributed by atoms with Gasteiger partial charge in [0, 0.05) is 43.6 Å². The summed E-state index contributed by atoms with van der Waals surface area (Å²) in [5.41, 5.74) is 2.94. The Bertz CT molecular complexity index is 793. The fourth-order valence-electron chi connectivity index (χ4n) is 2.42. The molecule has 3 rings (SSSR count). The molecule has 0 spiro atoms. The Labute approximate surface area is 115 Å². The van der Waals surface area contributed by atoms with E-state index >= 15 is 0 Å². The van der Waals surface area contributed by atoms with E-state index in [0.717, 1.165) is 16.6 Å². The highest BCUT2D eigenvalue weighted by Crippen LogP contribution is 2.22. The van der Waals surface area contributed by atoms with Crippen LogP contribution in [0.25, 0.3) is 11.0 Å². The molecule has 0 atom stereocenters.